The predicted molar refractivity (Wildman–Crippen MR) is 84.4 cm³/mol. The number of anilines is 1. The van der Waals surface area contributed by atoms with E-state index < -0.39 is 5.97 Å². The molecule has 4 heteroatoms. The molecule has 0 saturated carbocycles. The molecule has 0 radical (unpaired) electrons. The first-order valence-corrected chi connectivity index (χ1v) is 6.97. The fourth-order valence-corrected chi connectivity index (χ4v) is 2.66. The lowest BCUT2D eigenvalue weighted by Crippen LogP contribution is -2.25. The molecule has 1 amide bonds. The Morgan fingerprint density at radius 2 is 1.91 bits per heavy atom. The summed E-state index contributed by atoms with van der Waals surface area (Å²) in [5.74, 6) is -1.38. The van der Waals surface area contributed by atoms with E-state index in [4.69, 9.17) is 5.11 Å². The minimum atomic E-state index is -1.11. The van der Waals surface area contributed by atoms with E-state index in [9.17, 15) is 9.59 Å². The average molecular weight is 293 g/mol. The summed E-state index contributed by atoms with van der Waals surface area (Å²) >= 11 is 0. The standard InChI is InChI=1S/C18H15NO3/c1-12-7-8-16-14(9-12)15(10-17(20)21)18(22)19(16)11-13-5-3-2-4-6-13/h2-10H,11H2,1H3,(H,20,21)/b15-10+. The molecule has 1 heterocycles. The molecular weight excluding hydrogens is 278 g/mol. The average Bonchev–Trinajstić information content (AvgIpc) is 2.73. The number of carboxylic acids is 1. The Hall–Kier alpha value is -2.88. The predicted octanol–water partition coefficient (Wildman–Crippen LogP) is 3.01. The van der Waals surface area contributed by atoms with Crippen LogP contribution in [-0.4, -0.2) is 17.0 Å². The van der Waals surface area contributed by atoms with Gasteiger partial charge in [0.2, 0.25) is 0 Å². The van der Waals surface area contributed by atoms with Crippen molar-refractivity contribution in [1.82, 2.24) is 0 Å². The van der Waals surface area contributed by atoms with Gasteiger partial charge in [0, 0.05) is 11.6 Å². The van der Waals surface area contributed by atoms with Crippen LogP contribution in [0.3, 0.4) is 0 Å². The molecule has 1 N–H and O–H groups in total. The maximum atomic E-state index is 12.6. The number of benzene rings is 2. The maximum absolute atomic E-state index is 12.6. The van der Waals surface area contributed by atoms with Crippen molar-refractivity contribution in [2.45, 2.75) is 13.5 Å². The SMILES string of the molecule is Cc1ccc2c(c1)/C(=C\C(=O)O)C(=O)N2Cc1ccccc1. The Kier molecular flexibility index (Phi) is 3.51. The number of fused-ring (bicyclic) bond motifs is 1. The molecule has 22 heavy (non-hydrogen) atoms. The second kappa shape index (κ2) is 5.48. The van der Waals surface area contributed by atoms with Gasteiger partial charge in [0.15, 0.2) is 0 Å². The number of carbonyl (C=O) groups excluding carboxylic acids is 1. The number of amides is 1. The molecule has 0 spiro atoms. The van der Waals surface area contributed by atoms with Crippen molar-refractivity contribution in [3.8, 4) is 0 Å². The van der Waals surface area contributed by atoms with E-state index >= 15 is 0 Å². The van der Waals surface area contributed by atoms with E-state index in [1.807, 2.05) is 55.5 Å². The summed E-state index contributed by atoms with van der Waals surface area (Å²) in [7, 11) is 0. The van der Waals surface area contributed by atoms with Crippen molar-refractivity contribution in [2.75, 3.05) is 4.90 Å². The number of nitrogens with zero attached hydrogens (tertiary/aromatic N) is 1. The Morgan fingerprint density at radius 1 is 1.18 bits per heavy atom. The first-order chi connectivity index (χ1) is 10.6. The molecule has 0 saturated heterocycles. The normalized spacial score (nSPS) is 15.2. The zero-order chi connectivity index (χ0) is 15.7. The smallest absolute Gasteiger partial charge is 0.329 e. The number of aliphatic carboxylic acids is 1. The third-order valence-electron chi connectivity index (χ3n) is 3.66. The molecule has 0 aliphatic carbocycles. The van der Waals surface area contributed by atoms with Gasteiger partial charge in [-0.25, -0.2) is 4.79 Å². The number of hydrogen-bond donors (Lipinski definition) is 1. The van der Waals surface area contributed by atoms with E-state index in [2.05, 4.69) is 0 Å². The molecule has 0 bridgehead atoms. The van der Waals surface area contributed by atoms with Crippen LogP contribution in [0.15, 0.2) is 54.6 Å². The number of carboxylic acid groups (broad SMARTS) is 1. The van der Waals surface area contributed by atoms with Crippen LogP contribution in [0.1, 0.15) is 16.7 Å². The highest BCUT2D eigenvalue weighted by Crippen LogP contribution is 2.38. The van der Waals surface area contributed by atoms with E-state index in [1.165, 1.54) is 0 Å². The number of hydrogen-bond acceptors (Lipinski definition) is 2. The van der Waals surface area contributed by atoms with Crippen molar-refractivity contribution >= 4 is 23.1 Å². The summed E-state index contributed by atoms with van der Waals surface area (Å²) in [6, 6.07) is 15.3. The van der Waals surface area contributed by atoms with Crippen LogP contribution >= 0.6 is 0 Å². The van der Waals surface area contributed by atoms with Crippen molar-refractivity contribution in [3.63, 3.8) is 0 Å². The van der Waals surface area contributed by atoms with Gasteiger partial charge in [-0.3, -0.25) is 4.79 Å². The fraction of sp³-hybridized carbons (Fsp3) is 0.111. The summed E-state index contributed by atoms with van der Waals surface area (Å²) in [6.07, 6.45) is 0.992. The molecule has 110 valence electrons. The molecule has 0 aromatic heterocycles. The first kappa shape index (κ1) is 14.1. The lowest BCUT2D eigenvalue weighted by atomic mass is 10.0. The van der Waals surface area contributed by atoms with Crippen molar-refractivity contribution in [1.29, 1.82) is 0 Å². The highest BCUT2D eigenvalue weighted by atomic mass is 16.4. The molecule has 2 aromatic carbocycles. The minimum absolute atomic E-state index is 0.238. The lowest BCUT2D eigenvalue weighted by Gasteiger charge is -2.17. The molecular formula is C18H15NO3. The van der Waals surface area contributed by atoms with Gasteiger partial charge in [0.1, 0.15) is 0 Å². The van der Waals surface area contributed by atoms with Gasteiger partial charge < -0.3 is 10.0 Å². The van der Waals surface area contributed by atoms with Gasteiger partial charge in [-0.2, -0.15) is 0 Å². The van der Waals surface area contributed by atoms with Crippen molar-refractivity contribution in [2.24, 2.45) is 0 Å². The molecule has 0 fully saturated rings. The number of aryl methyl sites for hydroxylation is 1. The highest BCUT2D eigenvalue weighted by Gasteiger charge is 2.32. The van der Waals surface area contributed by atoms with Crippen LogP contribution in [0, 0.1) is 6.92 Å². The van der Waals surface area contributed by atoms with Gasteiger partial charge in [-0.15, -0.1) is 0 Å². The molecule has 0 atom stereocenters. The zero-order valence-electron chi connectivity index (χ0n) is 12.1. The van der Waals surface area contributed by atoms with E-state index in [-0.39, 0.29) is 11.5 Å². The molecule has 1 aliphatic rings. The Morgan fingerprint density at radius 3 is 2.59 bits per heavy atom. The monoisotopic (exact) mass is 293 g/mol. The Balaban J connectivity index is 2.06. The van der Waals surface area contributed by atoms with E-state index in [0.29, 0.717) is 12.1 Å². The Bertz CT molecular complexity index is 778. The molecule has 0 unspecified atom stereocenters. The van der Waals surface area contributed by atoms with Gasteiger partial charge in [0.25, 0.3) is 5.91 Å². The van der Waals surface area contributed by atoms with Gasteiger partial charge in [-0.05, 0) is 24.6 Å². The summed E-state index contributed by atoms with van der Waals surface area (Å²) in [4.78, 5) is 25.2. The van der Waals surface area contributed by atoms with Crippen LogP contribution in [0.25, 0.3) is 5.57 Å². The second-order valence-electron chi connectivity index (χ2n) is 5.29. The third kappa shape index (κ3) is 2.51. The quantitative estimate of drug-likeness (QED) is 0.885. The summed E-state index contributed by atoms with van der Waals surface area (Å²) in [5, 5.41) is 9.02. The largest absolute Gasteiger partial charge is 0.478 e. The van der Waals surface area contributed by atoms with Gasteiger partial charge >= 0.3 is 5.97 Å². The van der Waals surface area contributed by atoms with Crippen molar-refractivity contribution < 1.29 is 14.7 Å². The minimum Gasteiger partial charge on any atom is -0.478 e. The molecule has 1 aliphatic heterocycles. The number of carbonyl (C=O) groups is 2. The highest BCUT2D eigenvalue weighted by molar-refractivity contribution is 6.34. The third-order valence-corrected chi connectivity index (χ3v) is 3.66. The summed E-state index contributed by atoms with van der Waals surface area (Å²) in [5.41, 5.74) is 3.67. The van der Waals surface area contributed by atoms with Gasteiger partial charge in [0.05, 0.1) is 17.8 Å². The molecule has 4 nitrogen and oxygen atoms in total. The second-order valence-corrected chi connectivity index (χ2v) is 5.29. The zero-order valence-corrected chi connectivity index (χ0v) is 12.1. The summed E-state index contributed by atoms with van der Waals surface area (Å²) in [6.45, 7) is 2.34. The van der Waals surface area contributed by atoms with Crippen LogP contribution in [0.5, 0.6) is 0 Å². The van der Waals surface area contributed by atoms with E-state index in [1.54, 1.807) is 4.90 Å². The van der Waals surface area contributed by atoms with Gasteiger partial charge in [-0.1, -0.05) is 42.0 Å². The van der Waals surface area contributed by atoms with Crippen LogP contribution < -0.4 is 4.90 Å². The summed E-state index contributed by atoms with van der Waals surface area (Å²) < 4.78 is 0. The number of rotatable bonds is 3. The van der Waals surface area contributed by atoms with Crippen molar-refractivity contribution in [3.05, 3.63) is 71.3 Å². The van der Waals surface area contributed by atoms with Crippen LogP contribution in [-0.2, 0) is 16.1 Å². The van der Waals surface area contributed by atoms with Crippen LogP contribution in [0.4, 0.5) is 5.69 Å². The molecule has 3 rings (SSSR count). The topological polar surface area (TPSA) is 57.6 Å². The maximum Gasteiger partial charge on any atom is 0.329 e. The molecule has 2 aromatic rings. The lowest BCUT2D eigenvalue weighted by molar-refractivity contribution is -0.131. The fourth-order valence-electron chi connectivity index (χ4n) is 2.66. The first-order valence-electron chi connectivity index (χ1n) is 6.97. The van der Waals surface area contributed by atoms with Crippen LogP contribution in [0.2, 0.25) is 0 Å². The Labute approximate surface area is 128 Å². The van der Waals surface area contributed by atoms with E-state index in [0.717, 1.165) is 22.9 Å².